The Bertz CT molecular complexity index is 1050. The second-order valence-electron chi connectivity index (χ2n) is 21.0. The van der Waals surface area contributed by atoms with Crippen LogP contribution in [0.1, 0.15) is 215 Å². The van der Waals surface area contributed by atoms with Crippen LogP contribution in [-0.2, 0) is 4.74 Å². The van der Waals surface area contributed by atoms with E-state index < -0.39 is 6.80 Å². The summed E-state index contributed by atoms with van der Waals surface area (Å²) in [6.45, 7) is 31.5. The van der Waals surface area contributed by atoms with Crippen LogP contribution in [0.5, 0.6) is 5.75 Å². The summed E-state index contributed by atoms with van der Waals surface area (Å²) in [5, 5.41) is 1.02. The first kappa shape index (κ1) is 116. The summed E-state index contributed by atoms with van der Waals surface area (Å²) in [4.78, 5) is 0. The first-order valence-corrected chi connectivity index (χ1v) is 37.1. The molecule has 1 rings (SSSR count). The molecule has 1 aromatic carbocycles. The molecule has 0 saturated carbocycles. The number of halogens is 4. The Hall–Kier alpha value is -0.850. The molecule has 0 aliphatic heterocycles. The molecular formula is C66H170BrClFIN14O2+14. The minimum absolute atomic E-state index is 0.500. The lowest BCUT2D eigenvalue weighted by Gasteiger charge is -2.22. The van der Waals surface area contributed by atoms with E-state index in [9.17, 15) is 4.39 Å². The van der Waals surface area contributed by atoms with Gasteiger partial charge in [0.2, 0.25) is 6.80 Å². The van der Waals surface area contributed by atoms with E-state index in [1.807, 2.05) is 43.3 Å². The third kappa shape index (κ3) is 252. The number of nitrogens with zero attached hydrogens (tertiary/aromatic N) is 1. The number of benzene rings is 1. The molecule has 0 fully saturated rings. The molecule has 0 bridgehead atoms. The summed E-state index contributed by atoms with van der Waals surface area (Å²) in [6, 6.07) is 10.3. The number of hydrogen-bond donors (Lipinski definition) is 13. The Morgan fingerprint density at radius 1 is 0.570 bits per heavy atom. The van der Waals surface area contributed by atoms with Crippen LogP contribution in [0, 0.1) is 12.3 Å². The minimum Gasteiger partial charge on any atom is -0.488 e. The zero-order valence-corrected chi connectivity index (χ0v) is 64.9. The zero-order valence-electron chi connectivity index (χ0n) is 60.4. The second-order valence-corrected chi connectivity index (χ2v) is 23.2. The smallest absolute Gasteiger partial charge is 0.217 e. The Morgan fingerprint density at radius 3 is 1.01 bits per heavy atom. The van der Waals surface area contributed by atoms with Crippen LogP contribution in [0.2, 0.25) is 0 Å². The van der Waals surface area contributed by atoms with Gasteiger partial charge in [-0.1, -0.05) is 206 Å². The fourth-order valence-electron chi connectivity index (χ4n) is 5.45. The fraction of sp³-hybridized carbons (Fsp3) is 0.848. The minimum atomic E-state index is -0.500. The molecule has 530 valence electrons. The van der Waals surface area contributed by atoms with Crippen molar-refractivity contribution in [3.8, 4) is 18.1 Å². The van der Waals surface area contributed by atoms with Gasteiger partial charge in [-0.05, 0) is 71.4 Å². The summed E-state index contributed by atoms with van der Waals surface area (Å²) < 4.78 is 22.4. The number of ether oxygens (including phenoxy) is 2. The lowest BCUT2D eigenvalue weighted by Crippen LogP contribution is -2.57. The molecule has 0 radical (unpaired) electrons. The highest BCUT2D eigenvalue weighted by Gasteiger charge is 2.01. The molecular weight excluding hydrogens is 1280 g/mol. The molecule has 0 unspecified atom stereocenters. The summed E-state index contributed by atoms with van der Waals surface area (Å²) >= 11 is 10.6. The number of terminal acetylenes is 1. The molecule has 0 saturated heterocycles. The average Bonchev–Trinajstić information content (AvgIpc) is 3.50. The first-order chi connectivity index (χ1) is 41.3. The standard InChI is InChI=1S/C18H39N.C8H11NO.C8H19N.C6H16N.C4H9N.C4H7N.C3H9NO.2C3H9N.C2H6BrN.C2H6ClN.C2H6IN.C2H7N.CH4FN/c1-2-3-4-5-6-7-8-9-10-11-12-13-14-15-16-17-18-19;9-6-7-10-8-4-2-1-3-5-8;1-2-3-4-5-6-7-8-9;1-5-6-7(2,3)4;2*1-2-3-4-5;1-5-3-2-4;1-3(2)4;1-2-3-4;3*3-1-2-4;1-2-3;2-1-3/h2-19H2,1H3;1-5H,6-7,9H2;2-9H2,1H3;5-6H2,1-4H3;2H,1,3-5H2;1H,3-5H2;2-4H2,1H3;3H,4H2,1-2H3;2-4H2,1H3;3*1-2,4H2;2-3H2,1H3;1,3H2/q;;;+1;;;;;;;;;;/p+13. The Morgan fingerprint density at radius 2 is 0.884 bits per heavy atom. The Balaban J connectivity index is -0.0000000637. The lowest BCUT2D eigenvalue weighted by atomic mass is 10.0. The van der Waals surface area contributed by atoms with Gasteiger partial charge in [0.05, 0.1) is 123 Å². The predicted molar refractivity (Wildman–Crippen MR) is 390 cm³/mol. The summed E-state index contributed by atoms with van der Waals surface area (Å²) in [7, 11) is 8.31. The molecule has 0 heterocycles. The molecule has 0 amide bonds. The van der Waals surface area contributed by atoms with Crippen LogP contribution < -0.4 is 79.3 Å². The highest BCUT2D eigenvalue weighted by molar-refractivity contribution is 14.1. The van der Waals surface area contributed by atoms with Crippen molar-refractivity contribution in [3.63, 3.8) is 0 Å². The van der Waals surface area contributed by atoms with Gasteiger partial charge in [-0.25, -0.2) is 0 Å². The van der Waals surface area contributed by atoms with Crippen molar-refractivity contribution in [2.75, 3.05) is 142 Å². The highest BCUT2D eigenvalue weighted by Crippen LogP contribution is 2.13. The molecule has 0 aliphatic rings. The van der Waals surface area contributed by atoms with Crippen molar-refractivity contribution in [1.29, 1.82) is 0 Å². The van der Waals surface area contributed by atoms with E-state index >= 15 is 0 Å². The van der Waals surface area contributed by atoms with E-state index in [-0.39, 0.29) is 0 Å². The molecule has 39 N–H and O–H groups in total. The summed E-state index contributed by atoms with van der Waals surface area (Å²) in [5.74, 6) is 4.06. The lowest BCUT2D eigenvalue weighted by molar-refractivity contribution is -0.870. The highest BCUT2D eigenvalue weighted by atomic mass is 127. The van der Waals surface area contributed by atoms with Crippen LogP contribution >= 0.6 is 50.1 Å². The van der Waals surface area contributed by atoms with Crippen LogP contribution in [-0.4, -0.2) is 153 Å². The first-order valence-electron chi connectivity index (χ1n) is 33.9. The monoisotopic (exact) mass is 1450 g/mol. The summed E-state index contributed by atoms with van der Waals surface area (Å²) in [5.41, 5.74) is 46.2. The van der Waals surface area contributed by atoms with Gasteiger partial charge in [-0.15, -0.1) is 30.5 Å². The van der Waals surface area contributed by atoms with Gasteiger partial charge in [0.1, 0.15) is 18.9 Å². The fourth-order valence-corrected chi connectivity index (χ4v) is 5.45. The van der Waals surface area contributed by atoms with Gasteiger partial charge in [-0.3, -0.25) is 0 Å². The predicted octanol–water partition coefficient (Wildman–Crippen LogP) is 2.85. The van der Waals surface area contributed by atoms with Gasteiger partial charge in [0, 0.05) is 18.0 Å². The molecule has 0 atom stereocenters. The average molecular weight is 1450 g/mol. The number of para-hydroxylation sites is 1. The van der Waals surface area contributed by atoms with Gasteiger partial charge < -0.3 is 88.5 Å². The van der Waals surface area contributed by atoms with E-state index in [4.69, 9.17) is 22.8 Å². The van der Waals surface area contributed by atoms with Crippen LogP contribution in [0.25, 0.3) is 0 Å². The third-order valence-electron chi connectivity index (χ3n) is 9.59. The van der Waals surface area contributed by atoms with Crippen LogP contribution in [0.15, 0.2) is 43.0 Å². The van der Waals surface area contributed by atoms with E-state index in [1.165, 1.54) is 165 Å². The molecule has 0 aliphatic carbocycles. The van der Waals surface area contributed by atoms with E-state index in [0.29, 0.717) is 18.5 Å². The van der Waals surface area contributed by atoms with Crippen molar-refractivity contribution in [2.24, 2.45) is 0 Å². The quantitative estimate of drug-likeness (QED) is 0.00917. The van der Waals surface area contributed by atoms with Crippen molar-refractivity contribution in [1.82, 2.24) is 0 Å². The number of unbranched alkanes of at least 4 members (excludes halogenated alkanes) is 20. The molecule has 86 heavy (non-hydrogen) atoms. The largest absolute Gasteiger partial charge is 0.488 e. The van der Waals surface area contributed by atoms with Crippen molar-refractivity contribution in [2.45, 2.75) is 221 Å². The van der Waals surface area contributed by atoms with Crippen molar-refractivity contribution >= 4 is 50.1 Å². The number of hydrogen-bond acceptors (Lipinski definition) is 2. The normalized spacial score (nSPS) is 9.07. The number of alkyl halides is 4. The van der Waals surface area contributed by atoms with E-state index in [0.717, 1.165) is 107 Å². The maximum atomic E-state index is 10.2. The van der Waals surface area contributed by atoms with Crippen molar-refractivity contribution < 1.29 is 92.9 Å². The summed E-state index contributed by atoms with van der Waals surface area (Å²) in [6.07, 6.45) is 42.6. The maximum absolute atomic E-state index is 10.2. The SMILES string of the molecule is C#CCC[NH3+].C=CCC[NH3+].CC(C)[NH3+].CCCCCCCCCCCCCCCCCC[NH3+].CCCCCCCC[NH3+].CCC[N+](C)(C)C.CCC[NH3+].CC[NH3+].COCC[NH3+].[NH3+]CCBr.[NH3+]CCCl.[NH3+]CCI.[NH3+]CCOc1ccccc1.[NH3+]CF. The second kappa shape index (κ2) is 141. The Labute approximate surface area is 564 Å². The Kier molecular flexibility index (Phi) is 190. The molecule has 0 spiro atoms. The number of quaternary nitrogens is 14. The topological polar surface area (TPSA) is 378 Å². The van der Waals surface area contributed by atoms with Gasteiger partial charge in [0.25, 0.3) is 0 Å². The zero-order chi connectivity index (χ0) is 69.1. The third-order valence-corrected chi connectivity index (χ3v) is 11.2. The van der Waals surface area contributed by atoms with Gasteiger partial charge in [0.15, 0.2) is 0 Å². The molecule has 0 aromatic heterocycles. The molecule has 16 nitrogen and oxygen atoms in total. The number of methoxy groups -OCH3 is 1. The van der Waals surface area contributed by atoms with Crippen LogP contribution in [0.4, 0.5) is 4.39 Å². The van der Waals surface area contributed by atoms with E-state index in [1.54, 1.807) is 7.11 Å². The molecule has 1 aromatic rings. The van der Waals surface area contributed by atoms with Crippen molar-refractivity contribution in [3.05, 3.63) is 43.0 Å². The van der Waals surface area contributed by atoms with Crippen LogP contribution in [0.3, 0.4) is 0 Å². The van der Waals surface area contributed by atoms with Gasteiger partial charge in [-0.2, -0.15) is 4.39 Å². The van der Waals surface area contributed by atoms with E-state index in [2.05, 4.69) is 193 Å². The van der Waals surface area contributed by atoms with Gasteiger partial charge >= 0.3 is 0 Å². The maximum Gasteiger partial charge on any atom is 0.217 e. The molecule has 20 heteroatoms. The number of rotatable bonds is 36.